The van der Waals surface area contributed by atoms with Crippen LogP contribution in [0.25, 0.3) is 0 Å². The molecule has 0 bridgehead atoms. The van der Waals surface area contributed by atoms with Crippen LogP contribution in [0.5, 0.6) is 0 Å². The van der Waals surface area contributed by atoms with Gasteiger partial charge in [-0.05, 0) is 29.8 Å². The lowest BCUT2D eigenvalue weighted by molar-refractivity contribution is -0.141. The average Bonchev–Trinajstić information content (AvgIpc) is 2.52. The molecule has 0 aliphatic carbocycles. The Kier molecular flexibility index (Phi) is 5.35. The molecule has 0 spiro atoms. The highest BCUT2D eigenvalue weighted by Gasteiger charge is 2.07. The van der Waals surface area contributed by atoms with Crippen LogP contribution >= 0.6 is 11.8 Å². The second-order valence-electron chi connectivity index (χ2n) is 4.19. The van der Waals surface area contributed by atoms with E-state index in [4.69, 9.17) is 10.00 Å². The van der Waals surface area contributed by atoms with Crippen molar-refractivity contribution >= 4 is 17.7 Å². The molecule has 0 saturated heterocycles. The summed E-state index contributed by atoms with van der Waals surface area (Å²) in [7, 11) is 0. The van der Waals surface area contributed by atoms with Crippen molar-refractivity contribution in [2.45, 2.75) is 11.5 Å². The quantitative estimate of drug-likeness (QED) is 0.626. The Balaban J connectivity index is 1.82. The van der Waals surface area contributed by atoms with E-state index in [-0.39, 0.29) is 18.2 Å². The summed E-state index contributed by atoms with van der Waals surface area (Å²) in [5.41, 5.74) is 1.27. The van der Waals surface area contributed by atoms with Gasteiger partial charge in [-0.2, -0.15) is 5.26 Å². The molecule has 5 heteroatoms. The summed E-state index contributed by atoms with van der Waals surface area (Å²) in [6, 6.07) is 15.1. The number of ether oxygens (including phenoxy) is 1. The summed E-state index contributed by atoms with van der Waals surface area (Å²) >= 11 is 1.10. The van der Waals surface area contributed by atoms with Gasteiger partial charge >= 0.3 is 5.97 Å². The normalized spacial score (nSPS) is 9.90. The molecule has 21 heavy (non-hydrogen) atoms. The van der Waals surface area contributed by atoms with E-state index >= 15 is 0 Å². The number of esters is 1. The van der Waals surface area contributed by atoms with Crippen molar-refractivity contribution in [2.75, 3.05) is 5.75 Å². The van der Waals surface area contributed by atoms with Crippen LogP contribution in [0.15, 0.2) is 53.4 Å². The van der Waals surface area contributed by atoms with Gasteiger partial charge in [0.25, 0.3) is 0 Å². The molecule has 0 saturated carbocycles. The van der Waals surface area contributed by atoms with Crippen LogP contribution in [0.2, 0.25) is 0 Å². The standard InChI is InChI=1S/C16H12FNO2S/c17-14-6-1-2-7-15(14)21-11-16(19)20-10-13-5-3-4-12(8-13)9-18/h1-8H,10-11H2. The van der Waals surface area contributed by atoms with Crippen LogP contribution in [-0.2, 0) is 16.1 Å². The van der Waals surface area contributed by atoms with Gasteiger partial charge in [0, 0.05) is 4.90 Å². The van der Waals surface area contributed by atoms with Crippen LogP contribution in [0.3, 0.4) is 0 Å². The summed E-state index contributed by atoms with van der Waals surface area (Å²) < 4.78 is 18.5. The summed E-state index contributed by atoms with van der Waals surface area (Å²) in [5.74, 6) is -0.735. The van der Waals surface area contributed by atoms with Crippen LogP contribution < -0.4 is 0 Å². The lowest BCUT2D eigenvalue weighted by atomic mass is 10.1. The number of benzene rings is 2. The van der Waals surface area contributed by atoms with Crippen LogP contribution in [0, 0.1) is 17.1 Å². The molecule has 0 unspecified atom stereocenters. The molecule has 3 nitrogen and oxygen atoms in total. The molecule has 0 fully saturated rings. The van der Waals surface area contributed by atoms with Crippen molar-refractivity contribution in [1.82, 2.24) is 0 Å². The number of carbonyl (C=O) groups is 1. The van der Waals surface area contributed by atoms with Crippen molar-refractivity contribution in [3.05, 3.63) is 65.5 Å². The zero-order chi connectivity index (χ0) is 15.1. The van der Waals surface area contributed by atoms with Gasteiger partial charge in [0.15, 0.2) is 0 Å². The third-order valence-corrected chi connectivity index (χ3v) is 3.66. The number of carbonyl (C=O) groups excluding carboxylic acids is 1. The number of hydrogen-bond donors (Lipinski definition) is 0. The molecular weight excluding hydrogens is 289 g/mol. The van der Waals surface area contributed by atoms with E-state index in [9.17, 15) is 9.18 Å². The van der Waals surface area contributed by atoms with Gasteiger partial charge in [0.2, 0.25) is 0 Å². The predicted molar refractivity (Wildman–Crippen MR) is 78.1 cm³/mol. The lowest BCUT2D eigenvalue weighted by Gasteiger charge is -2.05. The number of hydrogen-bond acceptors (Lipinski definition) is 4. The van der Waals surface area contributed by atoms with E-state index in [0.717, 1.165) is 17.3 Å². The maximum atomic E-state index is 13.4. The van der Waals surface area contributed by atoms with Gasteiger partial charge in [-0.15, -0.1) is 11.8 Å². The SMILES string of the molecule is N#Cc1cccc(COC(=O)CSc2ccccc2F)c1. The van der Waals surface area contributed by atoms with Crippen molar-refractivity contribution < 1.29 is 13.9 Å². The molecule has 0 aromatic heterocycles. The highest BCUT2D eigenvalue weighted by atomic mass is 32.2. The second kappa shape index (κ2) is 7.46. The second-order valence-corrected chi connectivity index (χ2v) is 5.21. The highest BCUT2D eigenvalue weighted by molar-refractivity contribution is 8.00. The monoisotopic (exact) mass is 301 g/mol. The van der Waals surface area contributed by atoms with Gasteiger partial charge in [-0.3, -0.25) is 4.79 Å². The molecule has 0 atom stereocenters. The van der Waals surface area contributed by atoms with Gasteiger partial charge in [-0.25, -0.2) is 4.39 Å². The Labute approximate surface area is 126 Å². The first-order chi connectivity index (χ1) is 10.2. The van der Waals surface area contributed by atoms with E-state index in [0.29, 0.717) is 10.5 Å². The smallest absolute Gasteiger partial charge is 0.316 e. The number of rotatable bonds is 5. The minimum Gasteiger partial charge on any atom is -0.460 e. The fourth-order valence-corrected chi connectivity index (χ4v) is 2.37. The van der Waals surface area contributed by atoms with E-state index in [2.05, 4.69) is 0 Å². The maximum absolute atomic E-state index is 13.4. The fraction of sp³-hybridized carbons (Fsp3) is 0.125. The van der Waals surface area contributed by atoms with Crippen LogP contribution in [0.1, 0.15) is 11.1 Å². The third kappa shape index (κ3) is 4.62. The third-order valence-electron chi connectivity index (χ3n) is 2.64. The minimum absolute atomic E-state index is 0.0405. The Morgan fingerprint density at radius 1 is 1.24 bits per heavy atom. The number of nitrogens with zero attached hydrogens (tertiary/aromatic N) is 1. The molecule has 0 aliphatic heterocycles. The maximum Gasteiger partial charge on any atom is 0.316 e. The Morgan fingerprint density at radius 2 is 2.05 bits per heavy atom. The van der Waals surface area contributed by atoms with Gasteiger partial charge in [0.05, 0.1) is 17.4 Å². The summed E-state index contributed by atoms with van der Waals surface area (Å²) in [6.45, 7) is 0.103. The molecule has 2 aromatic rings. The number of halogens is 1. The van der Waals surface area contributed by atoms with Gasteiger partial charge in [0.1, 0.15) is 12.4 Å². The first kappa shape index (κ1) is 15.1. The lowest BCUT2D eigenvalue weighted by Crippen LogP contribution is -2.07. The van der Waals surface area contributed by atoms with Crippen molar-refractivity contribution in [1.29, 1.82) is 5.26 Å². The Morgan fingerprint density at radius 3 is 2.81 bits per heavy atom. The van der Waals surface area contributed by atoms with Crippen molar-refractivity contribution in [3.8, 4) is 6.07 Å². The van der Waals surface area contributed by atoms with E-state index in [1.165, 1.54) is 6.07 Å². The molecule has 0 radical (unpaired) electrons. The largest absolute Gasteiger partial charge is 0.460 e. The highest BCUT2D eigenvalue weighted by Crippen LogP contribution is 2.21. The first-order valence-electron chi connectivity index (χ1n) is 6.21. The molecule has 2 rings (SSSR count). The summed E-state index contributed by atoms with van der Waals surface area (Å²) in [6.07, 6.45) is 0. The van der Waals surface area contributed by atoms with E-state index < -0.39 is 5.97 Å². The molecule has 0 heterocycles. The molecule has 0 aliphatic rings. The topological polar surface area (TPSA) is 50.1 Å². The zero-order valence-electron chi connectivity index (χ0n) is 11.1. The Hall–Kier alpha value is -2.32. The molecule has 0 amide bonds. The number of thioether (sulfide) groups is 1. The van der Waals surface area contributed by atoms with E-state index in [1.807, 2.05) is 6.07 Å². The van der Waals surface area contributed by atoms with Crippen molar-refractivity contribution in [3.63, 3.8) is 0 Å². The fourth-order valence-electron chi connectivity index (χ4n) is 1.63. The summed E-state index contributed by atoms with van der Waals surface area (Å²) in [5, 5.41) is 8.78. The predicted octanol–water partition coefficient (Wildman–Crippen LogP) is 3.53. The summed E-state index contributed by atoms with van der Waals surface area (Å²) in [4.78, 5) is 12.0. The van der Waals surface area contributed by atoms with Gasteiger partial charge < -0.3 is 4.74 Å². The van der Waals surface area contributed by atoms with Gasteiger partial charge in [-0.1, -0.05) is 24.3 Å². The number of nitriles is 1. The van der Waals surface area contributed by atoms with Crippen molar-refractivity contribution in [2.24, 2.45) is 0 Å². The molecule has 106 valence electrons. The molecular formula is C16H12FNO2S. The van der Waals surface area contributed by atoms with E-state index in [1.54, 1.807) is 42.5 Å². The zero-order valence-corrected chi connectivity index (χ0v) is 11.9. The first-order valence-corrected chi connectivity index (χ1v) is 7.19. The minimum atomic E-state index is -0.425. The molecule has 2 aromatic carbocycles. The molecule has 0 N–H and O–H groups in total. The van der Waals surface area contributed by atoms with Crippen LogP contribution in [0.4, 0.5) is 4.39 Å². The Bertz CT molecular complexity index is 682. The average molecular weight is 301 g/mol. The van der Waals surface area contributed by atoms with Crippen LogP contribution in [-0.4, -0.2) is 11.7 Å².